The maximum absolute atomic E-state index is 12.2. The number of nitrogens with one attached hydrogen (secondary N) is 1. The molecule has 0 fully saturated rings. The van der Waals surface area contributed by atoms with E-state index in [0.717, 1.165) is 0 Å². The van der Waals surface area contributed by atoms with Gasteiger partial charge < -0.3 is 15.0 Å². The Morgan fingerprint density at radius 2 is 1.87 bits per heavy atom. The van der Waals surface area contributed by atoms with Crippen molar-refractivity contribution in [2.75, 3.05) is 19.4 Å². The molecule has 9 heteroatoms. The van der Waals surface area contributed by atoms with E-state index in [0.29, 0.717) is 27.7 Å². The molecular formula is C21H17Cl2N5O2. The van der Waals surface area contributed by atoms with E-state index >= 15 is 0 Å². The van der Waals surface area contributed by atoms with Crippen LogP contribution in [0, 0.1) is 11.3 Å². The van der Waals surface area contributed by atoms with Crippen LogP contribution in [-0.2, 0) is 0 Å². The van der Waals surface area contributed by atoms with Gasteiger partial charge in [0.2, 0.25) is 5.95 Å². The van der Waals surface area contributed by atoms with Crippen molar-refractivity contribution < 1.29 is 9.53 Å². The van der Waals surface area contributed by atoms with Crippen molar-refractivity contribution in [2.24, 2.45) is 0 Å². The molecule has 152 valence electrons. The van der Waals surface area contributed by atoms with Gasteiger partial charge in [-0.25, -0.2) is 14.8 Å². The Kier molecular flexibility index (Phi) is 6.72. The van der Waals surface area contributed by atoms with Gasteiger partial charge in [-0.15, -0.1) is 0 Å². The second kappa shape index (κ2) is 9.44. The van der Waals surface area contributed by atoms with Crippen LogP contribution in [0.1, 0.15) is 22.7 Å². The molecule has 0 aliphatic carbocycles. The number of halogens is 2. The molecule has 0 bridgehead atoms. The minimum Gasteiger partial charge on any atom is -0.410 e. The molecule has 1 aromatic heterocycles. The SMILES string of the molecule is CN(C)C(=O)Oc1ccc(Cl)cc1C(Nc1ncccn1)c1cccc(C#N)c1Cl. The Hall–Kier alpha value is -3.34. The summed E-state index contributed by atoms with van der Waals surface area (Å²) in [5.41, 5.74) is 1.42. The molecule has 1 amide bonds. The molecule has 0 aliphatic rings. The number of hydrogen-bond donors (Lipinski definition) is 1. The molecule has 0 spiro atoms. The van der Waals surface area contributed by atoms with Gasteiger partial charge >= 0.3 is 6.09 Å². The Balaban J connectivity index is 2.17. The summed E-state index contributed by atoms with van der Waals surface area (Å²) in [6.45, 7) is 0. The Morgan fingerprint density at radius 3 is 2.53 bits per heavy atom. The number of aromatic nitrogens is 2. The van der Waals surface area contributed by atoms with Gasteiger partial charge in [0.15, 0.2) is 0 Å². The zero-order valence-corrected chi connectivity index (χ0v) is 17.6. The summed E-state index contributed by atoms with van der Waals surface area (Å²) in [7, 11) is 3.16. The highest BCUT2D eigenvalue weighted by Crippen LogP contribution is 2.38. The van der Waals surface area contributed by atoms with Crippen molar-refractivity contribution in [1.29, 1.82) is 5.26 Å². The number of carbonyl (C=O) groups excluding carboxylic acids is 1. The number of carbonyl (C=O) groups is 1. The normalized spacial score (nSPS) is 11.3. The van der Waals surface area contributed by atoms with Gasteiger partial charge in [0.05, 0.1) is 16.6 Å². The van der Waals surface area contributed by atoms with Crippen LogP contribution in [-0.4, -0.2) is 35.1 Å². The monoisotopic (exact) mass is 441 g/mol. The fourth-order valence-electron chi connectivity index (χ4n) is 2.71. The number of benzene rings is 2. The Morgan fingerprint density at radius 1 is 1.13 bits per heavy atom. The van der Waals surface area contributed by atoms with E-state index < -0.39 is 12.1 Å². The minimum atomic E-state index is -0.656. The molecular weight excluding hydrogens is 425 g/mol. The summed E-state index contributed by atoms with van der Waals surface area (Å²) in [6.07, 6.45) is 2.63. The van der Waals surface area contributed by atoms with Crippen LogP contribution in [0.15, 0.2) is 54.9 Å². The number of nitrogens with zero attached hydrogens (tertiary/aromatic N) is 4. The van der Waals surface area contributed by atoms with Gasteiger partial charge in [-0.3, -0.25) is 0 Å². The molecule has 1 unspecified atom stereocenters. The summed E-state index contributed by atoms with van der Waals surface area (Å²) in [6, 6.07) is 13.1. The third-order valence-electron chi connectivity index (χ3n) is 4.14. The van der Waals surface area contributed by atoms with Gasteiger partial charge in [0, 0.05) is 37.1 Å². The van der Waals surface area contributed by atoms with Crippen molar-refractivity contribution in [3.63, 3.8) is 0 Å². The predicted octanol–water partition coefficient (Wildman–Crippen LogP) is 4.92. The quantitative estimate of drug-likeness (QED) is 0.604. The fourth-order valence-corrected chi connectivity index (χ4v) is 3.17. The molecule has 0 aliphatic heterocycles. The van der Waals surface area contributed by atoms with E-state index in [1.54, 1.807) is 69.0 Å². The van der Waals surface area contributed by atoms with Crippen molar-refractivity contribution in [2.45, 2.75) is 6.04 Å². The first-order valence-electron chi connectivity index (χ1n) is 8.81. The highest BCUT2D eigenvalue weighted by molar-refractivity contribution is 6.32. The Bertz CT molecular complexity index is 1100. The van der Waals surface area contributed by atoms with Gasteiger partial charge in [-0.05, 0) is 35.9 Å². The average Bonchev–Trinajstić information content (AvgIpc) is 2.74. The van der Waals surface area contributed by atoms with Gasteiger partial charge in [0.1, 0.15) is 11.8 Å². The standard InChI is InChI=1S/C21H17Cl2N5O2/c1-28(2)21(29)30-17-8-7-14(22)11-16(17)19(27-20-25-9-4-10-26-20)15-6-3-5-13(12-24)18(15)23/h3-11,19H,1-2H3,(H,25,26,27). The molecule has 3 aromatic rings. The molecule has 1 atom stereocenters. The number of anilines is 1. The molecule has 1 heterocycles. The topological polar surface area (TPSA) is 91.1 Å². The molecule has 1 N–H and O–H groups in total. The molecule has 7 nitrogen and oxygen atoms in total. The van der Waals surface area contributed by atoms with Gasteiger partial charge in [-0.2, -0.15) is 5.26 Å². The van der Waals surface area contributed by atoms with Gasteiger partial charge in [-0.1, -0.05) is 35.3 Å². The first kappa shape index (κ1) is 21.4. The molecule has 0 saturated heterocycles. The maximum atomic E-state index is 12.2. The average molecular weight is 442 g/mol. The van der Waals surface area contributed by atoms with Crippen molar-refractivity contribution >= 4 is 35.2 Å². The number of rotatable bonds is 5. The van der Waals surface area contributed by atoms with Crippen LogP contribution < -0.4 is 10.1 Å². The number of ether oxygens (including phenoxy) is 1. The largest absolute Gasteiger partial charge is 0.414 e. The Labute approximate surface area is 183 Å². The number of amides is 1. The third-order valence-corrected chi connectivity index (χ3v) is 4.80. The van der Waals surface area contributed by atoms with Crippen molar-refractivity contribution in [3.05, 3.63) is 81.6 Å². The minimum absolute atomic E-state index is 0.262. The van der Waals surface area contributed by atoms with Crippen LogP contribution in [0.5, 0.6) is 5.75 Å². The van der Waals surface area contributed by atoms with E-state index in [4.69, 9.17) is 27.9 Å². The molecule has 2 aromatic carbocycles. The lowest BCUT2D eigenvalue weighted by Crippen LogP contribution is -2.26. The zero-order valence-electron chi connectivity index (χ0n) is 16.1. The summed E-state index contributed by atoms with van der Waals surface area (Å²) >= 11 is 12.8. The number of hydrogen-bond acceptors (Lipinski definition) is 6. The predicted molar refractivity (Wildman–Crippen MR) is 115 cm³/mol. The van der Waals surface area contributed by atoms with E-state index in [1.807, 2.05) is 0 Å². The van der Waals surface area contributed by atoms with Crippen LogP contribution in [0.2, 0.25) is 10.0 Å². The van der Waals surface area contributed by atoms with E-state index in [9.17, 15) is 10.1 Å². The second-order valence-electron chi connectivity index (χ2n) is 6.41. The lowest BCUT2D eigenvalue weighted by atomic mass is 9.96. The van der Waals surface area contributed by atoms with E-state index in [-0.39, 0.29) is 10.8 Å². The zero-order chi connectivity index (χ0) is 21.7. The summed E-state index contributed by atoms with van der Waals surface area (Å²) in [5, 5.41) is 13.3. The van der Waals surface area contributed by atoms with Crippen molar-refractivity contribution in [3.8, 4) is 11.8 Å². The molecule has 30 heavy (non-hydrogen) atoms. The van der Waals surface area contributed by atoms with Crippen LogP contribution >= 0.6 is 23.2 Å². The van der Waals surface area contributed by atoms with Crippen LogP contribution in [0.3, 0.4) is 0 Å². The maximum Gasteiger partial charge on any atom is 0.414 e. The van der Waals surface area contributed by atoms with Crippen molar-refractivity contribution in [1.82, 2.24) is 14.9 Å². The highest BCUT2D eigenvalue weighted by Gasteiger charge is 2.25. The fraction of sp³-hybridized carbons (Fsp3) is 0.143. The second-order valence-corrected chi connectivity index (χ2v) is 7.23. The summed E-state index contributed by atoms with van der Waals surface area (Å²) in [5.74, 6) is 0.607. The molecule has 0 radical (unpaired) electrons. The third kappa shape index (κ3) is 4.79. The lowest BCUT2D eigenvalue weighted by Gasteiger charge is -2.24. The summed E-state index contributed by atoms with van der Waals surface area (Å²) < 4.78 is 5.54. The summed E-state index contributed by atoms with van der Waals surface area (Å²) in [4.78, 5) is 21.9. The first-order valence-corrected chi connectivity index (χ1v) is 9.57. The van der Waals surface area contributed by atoms with Crippen LogP contribution in [0.25, 0.3) is 0 Å². The van der Waals surface area contributed by atoms with Crippen LogP contribution in [0.4, 0.5) is 10.7 Å². The van der Waals surface area contributed by atoms with Gasteiger partial charge in [0.25, 0.3) is 0 Å². The first-order chi connectivity index (χ1) is 14.4. The highest BCUT2D eigenvalue weighted by atomic mass is 35.5. The lowest BCUT2D eigenvalue weighted by molar-refractivity contribution is 0.171. The van der Waals surface area contributed by atoms with E-state index in [2.05, 4.69) is 21.4 Å². The molecule has 3 rings (SSSR count). The molecule has 0 saturated carbocycles. The van der Waals surface area contributed by atoms with E-state index in [1.165, 1.54) is 4.90 Å². The number of nitriles is 1. The smallest absolute Gasteiger partial charge is 0.410 e.